The van der Waals surface area contributed by atoms with Gasteiger partial charge in [0.15, 0.2) is 24.1 Å². The second-order valence-corrected chi connectivity index (χ2v) is 17.0. The van der Waals surface area contributed by atoms with Gasteiger partial charge >= 0.3 is 35.8 Å². The average Bonchev–Trinajstić information content (AvgIpc) is 3.88. The van der Waals surface area contributed by atoms with Crippen molar-refractivity contribution in [2.75, 3.05) is 6.61 Å². The van der Waals surface area contributed by atoms with Gasteiger partial charge in [-0.25, -0.2) is 0 Å². The summed E-state index contributed by atoms with van der Waals surface area (Å²) in [6.45, 7) is 10.00. The third-order valence-corrected chi connectivity index (χ3v) is 14.5. The molecule has 0 amide bonds. The lowest BCUT2D eigenvalue weighted by atomic mass is 9.32. The van der Waals surface area contributed by atoms with Gasteiger partial charge in [0.05, 0.1) is 23.4 Å². The SMILES string of the molecule is CC[C@@]12C[C@@H]3[C@](C)([C@@H](OC(C)=O)c4ccoc4)[C@@H](OC(C)=O)[C@@H](OC(C)=O)[C@@]4(O)[C@]3(O1)[C@H](O2)[C@@]1(OC(C)=O)[C@@H](OC(C)=O)[C@]2(C)C[C@@]1(O)[C@]41COC(=O)C[C@@H]21. The molecule has 3 saturated heterocycles. The smallest absolute Gasteiger partial charge is 0.306 e. The molecule has 2 spiro atoms. The molecular formula is C38H46O17. The van der Waals surface area contributed by atoms with E-state index in [1.165, 1.54) is 19.5 Å². The molecule has 2 N–H and O–H groups in total. The fourth-order valence-corrected chi connectivity index (χ4v) is 13.2. The molecule has 17 nitrogen and oxygen atoms in total. The summed E-state index contributed by atoms with van der Waals surface area (Å²) in [7, 11) is 0. The van der Waals surface area contributed by atoms with E-state index in [0.717, 1.165) is 27.7 Å². The van der Waals surface area contributed by atoms with E-state index < -0.39 is 136 Å². The van der Waals surface area contributed by atoms with Crippen LogP contribution in [0.4, 0.5) is 0 Å². The first kappa shape index (κ1) is 37.8. The average molecular weight is 775 g/mol. The maximum Gasteiger partial charge on any atom is 0.306 e. The van der Waals surface area contributed by atoms with Crippen LogP contribution in [-0.2, 0) is 66.7 Å². The Morgan fingerprint density at radius 3 is 2.13 bits per heavy atom. The van der Waals surface area contributed by atoms with Gasteiger partial charge in [0, 0.05) is 64.4 Å². The molecule has 1 aromatic heterocycles. The lowest BCUT2D eigenvalue weighted by molar-refractivity contribution is -0.449. The molecule has 15 atom stereocenters. The second-order valence-electron chi connectivity index (χ2n) is 17.0. The Balaban J connectivity index is 1.55. The van der Waals surface area contributed by atoms with E-state index in [4.69, 9.17) is 42.3 Å². The van der Waals surface area contributed by atoms with Crippen molar-refractivity contribution < 1.29 is 81.3 Å². The van der Waals surface area contributed by atoms with Crippen LogP contribution in [0.2, 0.25) is 0 Å². The van der Waals surface area contributed by atoms with E-state index in [1.54, 1.807) is 26.8 Å². The van der Waals surface area contributed by atoms with Crippen LogP contribution < -0.4 is 0 Å². The summed E-state index contributed by atoms with van der Waals surface area (Å²) in [5.41, 5.74) is -14.8. The van der Waals surface area contributed by atoms with E-state index in [1.807, 2.05) is 0 Å². The predicted octanol–water partition coefficient (Wildman–Crippen LogP) is 1.73. The first-order valence-electron chi connectivity index (χ1n) is 18.5. The molecule has 17 heteroatoms. The van der Waals surface area contributed by atoms with Gasteiger partial charge < -0.3 is 52.5 Å². The number of hydrogen-bond donors (Lipinski definition) is 2. The van der Waals surface area contributed by atoms with Gasteiger partial charge in [-0.2, -0.15) is 0 Å². The number of furan rings is 1. The highest BCUT2D eigenvalue weighted by Crippen LogP contribution is 2.88. The lowest BCUT2D eigenvalue weighted by Gasteiger charge is -2.77. The maximum absolute atomic E-state index is 14.5. The van der Waals surface area contributed by atoms with Gasteiger partial charge in [0.2, 0.25) is 5.60 Å². The molecule has 300 valence electrons. The van der Waals surface area contributed by atoms with Crippen LogP contribution in [0.5, 0.6) is 0 Å². The molecule has 3 aliphatic heterocycles. The van der Waals surface area contributed by atoms with Crippen molar-refractivity contribution in [2.45, 2.75) is 140 Å². The molecular weight excluding hydrogens is 728 g/mol. The highest BCUT2D eigenvalue weighted by molar-refractivity contribution is 5.75. The molecule has 7 aliphatic rings. The minimum Gasteiger partial charge on any atom is -0.472 e. The van der Waals surface area contributed by atoms with Crippen LogP contribution in [0.15, 0.2) is 23.0 Å². The van der Waals surface area contributed by atoms with Gasteiger partial charge in [0.25, 0.3) is 0 Å². The van der Waals surface area contributed by atoms with Crippen LogP contribution >= 0.6 is 0 Å². The Hall–Kier alpha value is -4.06. The summed E-state index contributed by atoms with van der Waals surface area (Å²) < 4.78 is 56.3. The van der Waals surface area contributed by atoms with E-state index in [2.05, 4.69) is 0 Å². The summed E-state index contributed by atoms with van der Waals surface area (Å²) in [5.74, 6) is -8.84. The van der Waals surface area contributed by atoms with E-state index >= 15 is 0 Å². The zero-order valence-corrected chi connectivity index (χ0v) is 31.8. The first-order chi connectivity index (χ1) is 25.6. The number of ether oxygens (including phenoxy) is 8. The van der Waals surface area contributed by atoms with Crippen molar-refractivity contribution in [1.29, 1.82) is 0 Å². The molecule has 55 heavy (non-hydrogen) atoms. The van der Waals surface area contributed by atoms with E-state index in [-0.39, 0.29) is 19.3 Å². The number of fused-ring (bicyclic) bond motifs is 4. The van der Waals surface area contributed by atoms with Crippen molar-refractivity contribution in [1.82, 2.24) is 0 Å². The Morgan fingerprint density at radius 2 is 1.56 bits per heavy atom. The Kier molecular flexibility index (Phi) is 7.77. The van der Waals surface area contributed by atoms with Gasteiger partial charge in [0.1, 0.15) is 35.6 Å². The van der Waals surface area contributed by atoms with Gasteiger partial charge in [-0.3, -0.25) is 28.8 Å². The molecule has 4 aliphatic carbocycles. The van der Waals surface area contributed by atoms with Crippen molar-refractivity contribution in [2.24, 2.45) is 28.1 Å². The highest BCUT2D eigenvalue weighted by Gasteiger charge is 3.05. The minimum atomic E-state index is -2.71. The van der Waals surface area contributed by atoms with Crippen molar-refractivity contribution in [3.05, 3.63) is 24.2 Å². The summed E-state index contributed by atoms with van der Waals surface area (Å²) >= 11 is 0. The maximum atomic E-state index is 14.5. The summed E-state index contributed by atoms with van der Waals surface area (Å²) in [5, 5.41) is 28.2. The van der Waals surface area contributed by atoms with Gasteiger partial charge in [-0.15, -0.1) is 0 Å². The molecule has 7 fully saturated rings. The monoisotopic (exact) mass is 774 g/mol. The fourth-order valence-electron chi connectivity index (χ4n) is 13.2. The third-order valence-electron chi connectivity index (χ3n) is 14.5. The van der Waals surface area contributed by atoms with E-state index in [9.17, 15) is 39.0 Å². The van der Waals surface area contributed by atoms with Crippen LogP contribution in [0.25, 0.3) is 0 Å². The van der Waals surface area contributed by atoms with Crippen LogP contribution in [0.1, 0.15) is 92.7 Å². The van der Waals surface area contributed by atoms with Crippen LogP contribution in [0, 0.1) is 28.1 Å². The number of carbonyl (C=O) groups is 6. The first-order valence-corrected chi connectivity index (χ1v) is 18.5. The molecule has 0 unspecified atom stereocenters. The van der Waals surface area contributed by atoms with Crippen molar-refractivity contribution >= 4 is 35.8 Å². The van der Waals surface area contributed by atoms with Crippen molar-refractivity contribution in [3.63, 3.8) is 0 Å². The Morgan fingerprint density at radius 1 is 0.909 bits per heavy atom. The summed E-state index contributed by atoms with van der Waals surface area (Å²) in [6, 6.07) is 1.54. The van der Waals surface area contributed by atoms with Crippen LogP contribution in [0.3, 0.4) is 0 Å². The number of aliphatic hydroxyl groups is 2. The van der Waals surface area contributed by atoms with Gasteiger partial charge in [-0.1, -0.05) is 20.8 Å². The number of hydrogen-bond acceptors (Lipinski definition) is 17. The fraction of sp³-hybridized carbons (Fsp3) is 0.737. The quantitative estimate of drug-likeness (QED) is 0.283. The largest absolute Gasteiger partial charge is 0.472 e. The lowest BCUT2D eigenvalue weighted by Crippen LogP contribution is -2.98. The molecule has 4 saturated carbocycles. The molecule has 4 bridgehead atoms. The Bertz CT molecular complexity index is 1900. The molecule has 0 aromatic carbocycles. The molecule has 4 heterocycles. The standard InChI is InChI=1S/C38H46O17/c1-9-33-13-24-32(8,26(49-17(2)39)22-10-11-47-14-22)27(50-18(3)40)28(51-19(4)41)38(46)34-16-48-25(44)12-23(34)31(7)15-35(34,45)37(53-21(6)43,29(31)52-20(5)42)30(54-33)36(24,38)55-33/h10-11,14,23-24,26-30,45-46H,9,12-13,15-16H2,1-8H3/t23-,24+,26-,27-,28+,29-,30-,31+,32+,33-,34+,35+,36+,37-,38-/m0/s1. The zero-order chi connectivity index (χ0) is 40.1. The zero-order valence-electron chi connectivity index (χ0n) is 31.8. The molecule has 8 rings (SSSR count). The van der Waals surface area contributed by atoms with E-state index in [0.29, 0.717) is 5.56 Å². The topological polar surface area (TPSA) is 230 Å². The third kappa shape index (κ3) is 4.02. The normalized spacial score (nSPS) is 48.5. The number of rotatable bonds is 8. The number of cyclic esters (lactones) is 1. The number of esters is 6. The van der Waals surface area contributed by atoms with Gasteiger partial charge in [-0.05, 0) is 24.8 Å². The summed E-state index contributed by atoms with van der Waals surface area (Å²) in [6.07, 6.45) is -6.20. The van der Waals surface area contributed by atoms with Crippen molar-refractivity contribution in [3.8, 4) is 0 Å². The Labute approximate surface area is 315 Å². The van der Waals surface area contributed by atoms with Crippen LogP contribution in [-0.4, -0.2) is 105 Å². The molecule has 1 aromatic rings. The molecule has 0 radical (unpaired) electrons. The predicted molar refractivity (Wildman–Crippen MR) is 176 cm³/mol. The highest BCUT2D eigenvalue weighted by atomic mass is 16.8. The second kappa shape index (κ2) is 11.3. The minimum absolute atomic E-state index is 0.0659. The number of carbonyl (C=O) groups excluding carboxylic acids is 6. The summed E-state index contributed by atoms with van der Waals surface area (Å²) in [4.78, 5) is 79.7.